The maximum Gasteiger partial charge on any atom is 0.335 e. The first-order valence-electron chi connectivity index (χ1n) is 9.77. The smallest absolute Gasteiger partial charge is 0.335 e. The van der Waals surface area contributed by atoms with Gasteiger partial charge in [-0.2, -0.15) is 0 Å². The zero-order valence-electron chi connectivity index (χ0n) is 15.6. The van der Waals surface area contributed by atoms with E-state index in [1.54, 1.807) is 12.1 Å². The summed E-state index contributed by atoms with van der Waals surface area (Å²) in [6, 6.07) is 14.4. The number of carbonyl (C=O) groups is 1. The minimum absolute atomic E-state index is 0.337. The molecule has 2 saturated carbocycles. The zero-order chi connectivity index (χ0) is 18.3. The van der Waals surface area contributed by atoms with Crippen LogP contribution >= 0.6 is 0 Å². The van der Waals surface area contributed by atoms with Gasteiger partial charge in [0, 0.05) is 17.9 Å². The highest BCUT2D eigenvalue weighted by Gasteiger charge is 2.29. The first-order chi connectivity index (χ1) is 12.5. The normalized spacial score (nSPS) is 16.7. The van der Waals surface area contributed by atoms with Gasteiger partial charge in [0.05, 0.1) is 5.56 Å². The van der Waals surface area contributed by atoms with E-state index in [1.165, 1.54) is 42.5 Å². The van der Waals surface area contributed by atoms with E-state index in [1.807, 2.05) is 12.1 Å². The van der Waals surface area contributed by atoms with Crippen LogP contribution in [0.1, 0.15) is 72.9 Å². The van der Waals surface area contributed by atoms with Gasteiger partial charge in [-0.05, 0) is 91.0 Å². The van der Waals surface area contributed by atoms with E-state index < -0.39 is 5.97 Å². The molecule has 0 amide bonds. The summed E-state index contributed by atoms with van der Waals surface area (Å²) >= 11 is 0. The predicted molar refractivity (Wildman–Crippen MR) is 106 cm³/mol. The molecule has 26 heavy (non-hydrogen) atoms. The fraction of sp³-hybridized carbons (Fsp3) is 0.435. The first-order valence-corrected chi connectivity index (χ1v) is 9.77. The van der Waals surface area contributed by atoms with Crippen molar-refractivity contribution in [2.75, 3.05) is 11.4 Å². The highest BCUT2D eigenvalue weighted by atomic mass is 16.4. The monoisotopic (exact) mass is 349 g/mol. The minimum atomic E-state index is -0.876. The maximum atomic E-state index is 11.2. The van der Waals surface area contributed by atoms with Crippen molar-refractivity contribution in [3.63, 3.8) is 0 Å². The lowest BCUT2D eigenvalue weighted by atomic mass is 10.0. The number of aromatic carboxylic acids is 1. The summed E-state index contributed by atoms with van der Waals surface area (Å²) < 4.78 is 0. The van der Waals surface area contributed by atoms with Crippen LogP contribution in [0, 0.1) is 5.92 Å². The number of anilines is 2. The second-order valence-electron chi connectivity index (χ2n) is 8.26. The second-order valence-corrected chi connectivity index (χ2v) is 8.26. The van der Waals surface area contributed by atoms with Gasteiger partial charge < -0.3 is 10.0 Å². The molecule has 0 saturated heterocycles. The molecule has 3 nitrogen and oxygen atoms in total. The SMILES string of the molecule is CC(C)CN(c1ccc(C(=O)O)cc1)c1cc(C2CC2)cc(C2CC2)c1. The molecule has 2 aliphatic carbocycles. The Kier molecular flexibility index (Phi) is 4.47. The lowest BCUT2D eigenvalue weighted by molar-refractivity contribution is 0.0697. The molecule has 0 unspecified atom stereocenters. The Bertz CT molecular complexity index is 771. The molecular weight excluding hydrogens is 322 g/mol. The molecule has 2 aromatic carbocycles. The molecule has 0 spiro atoms. The lowest BCUT2D eigenvalue weighted by Crippen LogP contribution is -2.22. The summed E-state index contributed by atoms with van der Waals surface area (Å²) in [5.74, 6) is 1.12. The van der Waals surface area contributed by atoms with Gasteiger partial charge in [-0.1, -0.05) is 19.9 Å². The van der Waals surface area contributed by atoms with Gasteiger partial charge in [0.25, 0.3) is 0 Å². The molecule has 0 atom stereocenters. The number of carboxylic acids is 1. The second kappa shape index (κ2) is 6.79. The predicted octanol–water partition coefficient (Wildman–Crippen LogP) is 5.93. The number of benzene rings is 2. The third kappa shape index (κ3) is 3.77. The van der Waals surface area contributed by atoms with Crippen LogP contribution in [0.5, 0.6) is 0 Å². The van der Waals surface area contributed by atoms with Gasteiger partial charge in [0.15, 0.2) is 0 Å². The molecule has 2 aromatic rings. The van der Waals surface area contributed by atoms with Gasteiger partial charge in [-0.25, -0.2) is 4.79 Å². The third-order valence-electron chi connectivity index (χ3n) is 5.35. The first kappa shape index (κ1) is 17.1. The van der Waals surface area contributed by atoms with Crippen molar-refractivity contribution in [1.82, 2.24) is 0 Å². The van der Waals surface area contributed by atoms with Crippen LogP contribution in [0.4, 0.5) is 11.4 Å². The topological polar surface area (TPSA) is 40.5 Å². The Morgan fingerprint density at radius 1 is 0.962 bits per heavy atom. The molecule has 0 bridgehead atoms. The summed E-state index contributed by atoms with van der Waals surface area (Å²) in [7, 11) is 0. The van der Waals surface area contributed by atoms with E-state index in [9.17, 15) is 9.90 Å². The molecule has 1 N–H and O–H groups in total. The average molecular weight is 349 g/mol. The summed E-state index contributed by atoms with van der Waals surface area (Å²) in [6.07, 6.45) is 5.24. The van der Waals surface area contributed by atoms with E-state index in [0.717, 1.165) is 24.1 Å². The van der Waals surface area contributed by atoms with Crippen molar-refractivity contribution < 1.29 is 9.90 Å². The minimum Gasteiger partial charge on any atom is -0.478 e. The van der Waals surface area contributed by atoms with E-state index in [4.69, 9.17) is 0 Å². The number of rotatable bonds is 7. The fourth-order valence-corrected chi connectivity index (χ4v) is 3.63. The highest BCUT2D eigenvalue weighted by Crippen LogP contribution is 2.47. The summed E-state index contributed by atoms with van der Waals surface area (Å²) in [5, 5.41) is 9.17. The van der Waals surface area contributed by atoms with E-state index in [2.05, 4.69) is 36.9 Å². The largest absolute Gasteiger partial charge is 0.478 e. The van der Waals surface area contributed by atoms with Crippen molar-refractivity contribution >= 4 is 17.3 Å². The molecular formula is C23H27NO2. The fourth-order valence-electron chi connectivity index (χ4n) is 3.63. The van der Waals surface area contributed by atoms with E-state index >= 15 is 0 Å². The van der Waals surface area contributed by atoms with Crippen LogP contribution in [0.3, 0.4) is 0 Å². The van der Waals surface area contributed by atoms with Gasteiger partial charge in [0.2, 0.25) is 0 Å². The standard InChI is InChI=1S/C23H27NO2/c1-15(2)14-24(21-9-7-18(8-10-21)23(25)26)22-12-19(16-3-4-16)11-20(13-22)17-5-6-17/h7-13,15-17H,3-6,14H2,1-2H3,(H,25,26). The van der Waals surface area contributed by atoms with Crippen molar-refractivity contribution in [2.24, 2.45) is 5.92 Å². The van der Waals surface area contributed by atoms with Crippen molar-refractivity contribution in [3.05, 3.63) is 59.2 Å². The van der Waals surface area contributed by atoms with E-state index in [0.29, 0.717) is 11.5 Å². The third-order valence-corrected chi connectivity index (χ3v) is 5.35. The van der Waals surface area contributed by atoms with Crippen molar-refractivity contribution in [2.45, 2.75) is 51.4 Å². The van der Waals surface area contributed by atoms with Gasteiger partial charge >= 0.3 is 5.97 Å². The van der Waals surface area contributed by atoms with Crippen LogP contribution in [0.15, 0.2) is 42.5 Å². The van der Waals surface area contributed by atoms with Crippen molar-refractivity contribution in [1.29, 1.82) is 0 Å². The zero-order valence-corrected chi connectivity index (χ0v) is 15.6. The summed E-state index contributed by atoms with van der Waals surface area (Å²) in [5.41, 5.74) is 5.63. The Morgan fingerprint density at radius 3 is 1.92 bits per heavy atom. The highest BCUT2D eigenvalue weighted by molar-refractivity contribution is 5.88. The van der Waals surface area contributed by atoms with Crippen LogP contribution < -0.4 is 4.90 Å². The Hall–Kier alpha value is -2.29. The molecule has 136 valence electrons. The quantitative estimate of drug-likeness (QED) is 0.673. The van der Waals surface area contributed by atoms with Crippen LogP contribution in [-0.2, 0) is 0 Å². The van der Waals surface area contributed by atoms with Crippen LogP contribution in [-0.4, -0.2) is 17.6 Å². The van der Waals surface area contributed by atoms with Gasteiger partial charge in [0.1, 0.15) is 0 Å². The Balaban J connectivity index is 1.72. The molecule has 0 heterocycles. The molecule has 3 heteroatoms. The molecule has 0 radical (unpaired) electrons. The van der Waals surface area contributed by atoms with Gasteiger partial charge in [-0.15, -0.1) is 0 Å². The lowest BCUT2D eigenvalue weighted by Gasteiger charge is -2.28. The molecule has 4 rings (SSSR count). The Morgan fingerprint density at radius 2 is 1.50 bits per heavy atom. The molecule has 2 fully saturated rings. The Labute approximate surface area is 155 Å². The molecule has 0 aliphatic heterocycles. The molecule has 0 aromatic heterocycles. The van der Waals surface area contributed by atoms with Crippen LogP contribution in [0.25, 0.3) is 0 Å². The van der Waals surface area contributed by atoms with Crippen LogP contribution in [0.2, 0.25) is 0 Å². The average Bonchev–Trinajstić information content (AvgIpc) is 3.50. The summed E-state index contributed by atoms with van der Waals surface area (Å²) in [6.45, 7) is 5.38. The molecule has 2 aliphatic rings. The number of nitrogens with zero attached hydrogens (tertiary/aromatic N) is 1. The van der Waals surface area contributed by atoms with E-state index in [-0.39, 0.29) is 0 Å². The summed E-state index contributed by atoms with van der Waals surface area (Å²) in [4.78, 5) is 13.5. The number of hydrogen-bond donors (Lipinski definition) is 1. The van der Waals surface area contributed by atoms with Gasteiger partial charge in [-0.3, -0.25) is 0 Å². The number of carboxylic acid groups (broad SMARTS) is 1. The maximum absolute atomic E-state index is 11.2. The van der Waals surface area contributed by atoms with Crippen molar-refractivity contribution in [3.8, 4) is 0 Å². The number of hydrogen-bond acceptors (Lipinski definition) is 2.